The van der Waals surface area contributed by atoms with Crippen LogP contribution in [0.15, 0.2) is 42.5 Å². The van der Waals surface area contributed by atoms with Gasteiger partial charge in [-0.05, 0) is 50.3 Å². The fourth-order valence-corrected chi connectivity index (χ4v) is 2.98. The number of benzene rings is 2. The summed E-state index contributed by atoms with van der Waals surface area (Å²) in [6.45, 7) is 7.20. The van der Waals surface area contributed by atoms with Gasteiger partial charge in [0.15, 0.2) is 0 Å². The number of hydrogen-bond acceptors (Lipinski definition) is 5. The van der Waals surface area contributed by atoms with Crippen molar-refractivity contribution in [3.05, 3.63) is 53.8 Å². The summed E-state index contributed by atoms with van der Waals surface area (Å²) in [5, 5.41) is 6.06. The molecule has 7 heteroatoms. The van der Waals surface area contributed by atoms with Gasteiger partial charge in [-0.3, -0.25) is 4.90 Å². The lowest BCUT2D eigenvalue weighted by Crippen LogP contribution is -2.29. The van der Waals surface area contributed by atoms with Gasteiger partial charge in [0, 0.05) is 18.7 Å². The van der Waals surface area contributed by atoms with Crippen LogP contribution in [0, 0.1) is 5.82 Å². The van der Waals surface area contributed by atoms with E-state index < -0.39 is 6.09 Å². The fourth-order valence-electron chi connectivity index (χ4n) is 2.98. The molecule has 0 aliphatic carbocycles. The Balaban J connectivity index is 0.000000826. The Hall–Kier alpha value is -2.77. The molecule has 0 radical (unpaired) electrons. The van der Waals surface area contributed by atoms with E-state index in [9.17, 15) is 9.18 Å². The summed E-state index contributed by atoms with van der Waals surface area (Å²) in [4.78, 5) is 22.2. The zero-order valence-electron chi connectivity index (χ0n) is 18.4. The number of hydrogen-bond donors (Lipinski definition) is 2. The number of nitrogens with one attached hydrogen (secondary N) is 2. The lowest BCUT2D eigenvalue weighted by molar-refractivity contribution is -0.106. The lowest BCUT2D eigenvalue weighted by Gasteiger charge is -2.14. The molecule has 1 aliphatic heterocycles. The van der Waals surface area contributed by atoms with Crippen molar-refractivity contribution >= 4 is 18.1 Å². The van der Waals surface area contributed by atoms with Crippen molar-refractivity contribution in [1.82, 2.24) is 10.6 Å². The van der Waals surface area contributed by atoms with Crippen LogP contribution in [-0.2, 0) is 16.1 Å². The van der Waals surface area contributed by atoms with E-state index in [1.54, 1.807) is 19.2 Å². The van der Waals surface area contributed by atoms with Gasteiger partial charge in [0.25, 0.3) is 0 Å². The lowest BCUT2D eigenvalue weighted by atomic mass is 10.0. The predicted octanol–water partition coefficient (Wildman–Crippen LogP) is 3.99. The minimum Gasteiger partial charge on any atom is -0.443 e. The van der Waals surface area contributed by atoms with Crippen molar-refractivity contribution in [3.8, 4) is 11.1 Å². The highest BCUT2D eigenvalue weighted by Gasteiger charge is 2.32. The molecule has 1 amide bonds. The van der Waals surface area contributed by atoms with Gasteiger partial charge in [0.05, 0.1) is 12.2 Å². The van der Waals surface area contributed by atoms with Gasteiger partial charge in [-0.2, -0.15) is 0 Å². The summed E-state index contributed by atoms with van der Waals surface area (Å²) < 4.78 is 19.9. The molecule has 1 atom stereocenters. The highest BCUT2D eigenvalue weighted by molar-refractivity contribution is 5.90. The Morgan fingerprint density at radius 2 is 1.77 bits per heavy atom. The molecule has 2 aromatic carbocycles. The second kappa shape index (κ2) is 13.5. The van der Waals surface area contributed by atoms with E-state index in [1.165, 1.54) is 17.9 Å². The van der Waals surface area contributed by atoms with Crippen molar-refractivity contribution in [3.63, 3.8) is 0 Å². The maximum Gasteiger partial charge on any atom is 0.414 e. The molecule has 30 heavy (non-hydrogen) atoms. The number of amides is 1. The van der Waals surface area contributed by atoms with Gasteiger partial charge in [0.2, 0.25) is 0 Å². The quantitative estimate of drug-likeness (QED) is 0.696. The molecule has 1 heterocycles. The summed E-state index contributed by atoms with van der Waals surface area (Å²) in [6.07, 6.45) is 0.0868. The van der Waals surface area contributed by atoms with Crippen LogP contribution in [-0.4, -0.2) is 45.7 Å². The van der Waals surface area contributed by atoms with Crippen molar-refractivity contribution < 1.29 is 18.7 Å². The fraction of sp³-hybridized carbons (Fsp3) is 0.391. The second-order valence-electron chi connectivity index (χ2n) is 6.30. The molecule has 2 N–H and O–H groups in total. The highest BCUT2D eigenvalue weighted by atomic mass is 19.1. The second-order valence-corrected chi connectivity index (χ2v) is 6.30. The number of carbonyl (C=O) groups is 2. The van der Waals surface area contributed by atoms with E-state index in [1.807, 2.05) is 45.2 Å². The van der Waals surface area contributed by atoms with Gasteiger partial charge >= 0.3 is 6.09 Å². The van der Waals surface area contributed by atoms with E-state index in [2.05, 4.69) is 10.6 Å². The van der Waals surface area contributed by atoms with Crippen LogP contribution in [0.1, 0.15) is 26.3 Å². The van der Waals surface area contributed by atoms with Crippen molar-refractivity contribution in [1.29, 1.82) is 0 Å². The summed E-state index contributed by atoms with van der Waals surface area (Å²) >= 11 is 0. The number of cyclic esters (lactones) is 1. The number of aldehydes is 1. The Labute approximate surface area is 178 Å². The molecular formula is C23H32FN3O3. The van der Waals surface area contributed by atoms with Crippen LogP contribution in [0.3, 0.4) is 0 Å². The number of anilines is 1. The standard InChI is InChI=1S/C19H22FN3O2.C2H4O.C2H6/c1-21-10-13-3-5-14(6-4-13)17-8-7-15(9-18(17)20)23-12-16(11-22-2)25-19(23)24;1-2-3;1-2/h3-9,16,21-22H,10-12H2,1-2H3;2H,1H3;1-2H3. The van der Waals surface area contributed by atoms with Crippen molar-refractivity contribution in [2.75, 3.05) is 32.1 Å². The minimum atomic E-state index is -0.441. The highest BCUT2D eigenvalue weighted by Crippen LogP contribution is 2.29. The topological polar surface area (TPSA) is 70.7 Å². The molecule has 0 saturated carbocycles. The molecule has 1 fully saturated rings. The number of nitrogens with zero attached hydrogens (tertiary/aromatic N) is 1. The number of rotatable bonds is 6. The first-order chi connectivity index (χ1) is 14.5. The van der Waals surface area contributed by atoms with Gasteiger partial charge in [-0.1, -0.05) is 38.1 Å². The van der Waals surface area contributed by atoms with Gasteiger partial charge in [-0.25, -0.2) is 9.18 Å². The third-order valence-corrected chi connectivity index (χ3v) is 4.22. The predicted molar refractivity (Wildman–Crippen MR) is 119 cm³/mol. The molecule has 2 aromatic rings. The van der Waals surface area contributed by atoms with Crippen LogP contribution < -0.4 is 15.5 Å². The van der Waals surface area contributed by atoms with Crippen LogP contribution in [0.5, 0.6) is 0 Å². The molecule has 1 aliphatic rings. The van der Waals surface area contributed by atoms with Crippen molar-refractivity contribution in [2.24, 2.45) is 0 Å². The van der Waals surface area contributed by atoms with Gasteiger partial charge < -0.3 is 20.2 Å². The summed E-state index contributed by atoms with van der Waals surface area (Å²) in [5.41, 5.74) is 2.97. The SMILES string of the molecule is CC.CC=O.CNCc1ccc(-c2ccc(N3CC(CNC)OC3=O)cc2F)cc1. The van der Waals surface area contributed by atoms with Crippen LogP contribution >= 0.6 is 0 Å². The number of likely N-dealkylation sites (N-methyl/N-ethyl adjacent to an activating group) is 1. The average Bonchev–Trinajstić information content (AvgIpc) is 3.11. The Bertz CT molecular complexity index is 797. The molecule has 6 nitrogen and oxygen atoms in total. The molecule has 0 aromatic heterocycles. The Kier molecular flexibility index (Phi) is 11.3. The van der Waals surface area contributed by atoms with E-state index in [0.29, 0.717) is 24.3 Å². The van der Waals surface area contributed by atoms with E-state index in [0.717, 1.165) is 24.0 Å². The van der Waals surface area contributed by atoms with Gasteiger partial charge in [0.1, 0.15) is 18.2 Å². The van der Waals surface area contributed by atoms with Crippen molar-refractivity contribution in [2.45, 2.75) is 33.4 Å². The summed E-state index contributed by atoms with van der Waals surface area (Å²) in [6, 6.07) is 12.6. The van der Waals surface area contributed by atoms with Crippen LogP contribution in [0.25, 0.3) is 11.1 Å². The first-order valence-corrected chi connectivity index (χ1v) is 10.1. The number of halogens is 1. The minimum absolute atomic E-state index is 0.222. The number of carbonyl (C=O) groups excluding carboxylic acids is 2. The molecule has 0 bridgehead atoms. The van der Waals surface area contributed by atoms with Gasteiger partial charge in [-0.15, -0.1) is 0 Å². The molecule has 0 spiro atoms. The monoisotopic (exact) mass is 417 g/mol. The summed E-state index contributed by atoms with van der Waals surface area (Å²) in [7, 11) is 3.68. The smallest absolute Gasteiger partial charge is 0.414 e. The zero-order valence-corrected chi connectivity index (χ0v) is 18.4. The van der Waals surface area contributed by atoms with E-state index in [-0.39, 0.29) is 11.9 Å². The van der Waals surface area contributed by atoms with Crippen LogP contribution in [0.2, 0.25) is 0 Å². The molecule has 3 rings (SSSR count). The maximum atomic E-state index is 14.6. The van der Waals surface area contributed by atoms with E-state index in [4.69, 9.17) is 9.53 Å². The third kappa shape index (κ3) is 6.93. The normalized spacial score (nSPS) is 14.8. The van der Waals surface area contributed by atoms with Crippen LogP contribution in [0.4, 0.5) is 14.9 Å². The first kappa shape index (κ1) is 25.3. The molecular weight excluding hydrogens is 385 g/mol. The van der Waals surface area contributed by atoms with E-state index >= 15 is 0 Å². The first-order valence-electron chi connectivity index (χ1n) is 10.1. The molecule has 164 valence electrons. The zero-order chi connectivity index (χ0) is 22.5. The largest absolute Gasteiger partial charge is 0.443 e. The maximum absolute atomic E-state index is 14.6. The molecule has 1 unspecified atom stereocenters. The summed E-state index contributed by atoms with van der Waals surface area (Å²) in [5.74, 6) is -0.358. The Morgan fingerprint density at radius 1 is 1.13 bits per heavy atom. The molecule has 1 saturated heterocycles. The average molecular weight is 418 g/mol. The third-order valence-electron chi connectivity index (χ3n) is 4.22. The Morgan fingerprint density at radius 3 is 2.30 bits per heavy atom. The number of ether oxygens (including phenoxy) is 1.